The van der Waals surface area contributed by atoms with Gasteiger partial charge in [-0.3, -0.25) is 14.6 Å². The van der Waals surface area contributed by atoms with Crippen molar-refractivity contribution in [1.29, 1.82) is 0 Å². The molecule has 2 amide bonds. The van der Waals surface area contributed by atoms with E-state index in [1.54, 1.807) is 4.90 Å². The molecule has 1 aromatic carbocycles. The van der Waals surface area contributed by atoms with Crippen LogP contribution < -0.4 is 10.6 Å². The third kappa shape index (κ3) is 6.50. The number of guanidine groups is 1. The number of hydrogen-bond acceptors (Lipinski definition) is 4. The Kier molecular flexibility index (Phi) is 8.62. The van der Waals surface area contributed by atoms with Crippen LogP contribution in [0.2, 0.25) is 0 Å². The zero-order valence-corrected chi connectivity index (χ0v) is 20.4. The monoisotopic (exact) mass is 531 g/mol. The summed E-state index contributed by atoms with van der Waals surface area (Å²) in [6.45, 7) is 8.32. The van der Waals surface area contributed by atoms with Gasteiger partial charge in [-0.15, -0.1) is 24.0 Å². The highest BCUT2D eigenvalue weighted by molar-refractivity contribution is 14.0. The fourth-order valence-electron chi connectivity index (χ4n) is 3.47. The summed E-state index contributed by atoms with van der Waals surface area (Å²) in [5, 5.41) is 6.16. The number of benzene rings is 1. The number of aliphatic imine (C=N–C) groups is 1. The Hall–Kier alpha value is -1.49. The molecule has 160 valence electrons. The predicted molar refractivity (Wildman–Crippen MR) is 129 cm³/mol. The van der Waals surface area contributed by atoms with Gasteiger partial charge in [0.25, 0.3) is 5.91 Å². The van der Waals surface area contributed by atoms with Crippen molar-refractivity contribution in [1.82, 2.24) is 20.4 Å². The lowest BCUT2D eigenvalue weighted by atomic mass is 10.1. The van der Waals surface area contributed by atoms with Crippen LogP contribution in [0.25, 0.3) is 0 Å². The van der Waals surface area contributed by atoms with Gasteiger partial charge >= 0.3 is 0 Å². The molecule has 2 saturated heterocycles. The van der Waals surface area contributed by atoms with Crippen LogP contribution in [0, 0.1) is 0 Å². The lowest BCUT2D eigenvalue weighted by Crippen LogP contribution is -2.50. The van der Waals surface area contributed by atoms with Gasteiger partial charge < -0.3 is 20.4 Å². The Morgan fingerprint density at radius 1 is 1.24 bits per heavy atom. The third-order valence-corrected chi connectivity index (χ3v) is 6.21. The average Bonchev–Trinajstić information content (AvgIpc) is 2.68. The maximum Gasteiger partial charge on any atom is 0.254 e. The summed E-state index contributed by atoms with van der Waals surface area (Å²) in [6.07, 6.45) is 0. The SMILES string of the molecule is CN=C(NCc1ccc(C(=O)N2CCNC(=O)C2)cc1)N1CCSC(C)(C)C1.I. The predicted octanol–water partition coefficient (Wildman–Crippen LogP) is 1.78. The van der Waals surface area contributed by atoms with E-state index in [1.165, 1.54) is 0 Å². The molecule has 0 spiro atoms. The molecule has 29 heavy (non-hydrogen) atoms. The molecule has 3 rings (SSSR count). The summed E-state index contributed by atoms with van der Waals surface area (Å²) in [5.41, 5.74) is 1.69. The molecule has 0 saturated carbocycles. The number of nitrogens with zero attached hydrogens (tertiary/aromatic N) is 3. The maximum atomic E-state index is 12.5. The van der Waals surface area contributed by atoms with E-state index in [1.807, 2.05) is 43.1 Å². The summed E-state index contributed by atoms with van der Waals surface area (Å²) < 4.78 is 0.225. The number of halogens is 1. The van der Waals surface area contributed by atoms with Crippen LogP contribution in [0.1, 0.15) is 29.8 Å². The molecule has 2 heterocycles. The molecule has 2 aliphatic rings. The van der Waals surface area contributed by atoms with E-state index in [0.29, 0.717) is 25.2 Å². The van der Waals surface area contributed by atoms with Crippen molar-refractivity contribution in [3.05, 3.63) is 35.4 Å². The smallest absolute Gasteiger partial charge is 0.254 e. The van der Waals surface area contributed by atoms with Crippen LogP contribution in [-0.2, 0) is 11.3 Å². The van der Waals surface area contributed by atoms with E-state index >= 15 is 0 Å². The van der Waals surface area contributed by atoms with Gasteiger partial charge in [-0.05, 0) is 31.5 Å². The van der Waals surface area contributed by atoms with Crippen molar-refractivity contribution in [2.45, 2.75) is 25.1 Å². The summed E-state index contributed by atoms with van der Waals surface area (Å²) in [5.74, 6) is 1.80. The van der Waals surface area contributed by atoms with Gasteiger partial charge in [0.05, 0.1) is 6.54 Å². The van der Waals surface area contributed by atoms with Crippen molar-refractivity contribution in [2.75, 3.05) is 45.5 Å². The number of carbonyl (C=O) groups excluding carboxylic acids is 2. The molecule has 0 atom stereocenters. The molecule has 0 bridgehead atoms. The second-order valence-corrected chi connectivity index (χ2v) is 9.51. The summed E-state index contributed by atoms with van der Waals surface area (Å²) in [6, 6.07) is 7.56. The minimum atomic E-state index is -0.105. The van der Waals surface area contributed by atoms with Crippen LogP contribution in [-0.4, -0.2) is 77.8 Å². The van der Waals surface area contributed by atoms with Crippen LogP contribution >= 0.6 is 35.7 Å². The molecule has 0 aromatic heterocycles. The Balaban J connectivity index is 0.00000300. The van der Waals surface area contributed by atoms with Crippen LogP contribution in [0.15, 0.2) is 29.3 Å². The lowest BCUT2D eigenvalue weighted by molar-refractivity contribution is -0.123. The first kappa shape index (κ1) is 23.8. The highest BCUT2D eigenvalue weighted by Gasteiger charge is 2.28. The van der Waals surface area contributed by atoms with Crippen LogP contribution in [0.4, 0.5) is 0 Å². The number of carbonyl (C=O) groups is 2. The van der Waals surface area contributed by atoms with Gasteiger partial charge in [0.2, 0.25) is 5.91 Å². The third-order valence-electron chi connectivity index (χ3n) is 4.91. The first-order valence-electron chi connectivity index (χ1n) is 9.62. The molecule has 7 nitrogen and oxygen atoms in total. The highest BCUT2D eigenvalue weighted by Crippen LogP contribution is 2.29. The van der Waals surface area contributed by atoms with Crippen molar-refractivity contribution < 1.29 is 9.59 Å². The molecular formula is C20H30IN5O2S. The molecule has 2 N–H and O–H groups in total. The number of piperazine rings is 1. The number of thioether (sulfide) groups is 1. The van der Waals surface area contributed by atoms with Crippen molar-refractivity contribution >= 4 is 53.5 Å². The molecule has 1 aromatic rings. The second-order valence-electron chi connectivity index (χ2n) is 7.70. The van der Waals surface area contributed by atoms with Crippen LogP contribution in [0.3, 0.4) is 0 Å². The second kappa shape index (κ2) is 10.5. The first-order valence-corrected chi connectivity index (χ1v) is 10.6. The number of rotatable bonds is 3. The Bertz CT molecular complexity index is 754. The fourth-order valence-corrected chi connectivity index (χ4v) is 4.58. The molecular weight excluding hydrogens is 501 g/mol. The number of hydrogen-bond donors (Lipinski definition) is 2. The van der Waals surface area contributed by atoms with Gasteiger partial charge in [-0.2, -0.15) is 11.8 Å². The largest absolute Gasteiger partial charge is 0.353 e. The van der Waals surface area contributed by atoms with Gasteiger partial charge in [0.15, 0.2) is 5.96 Å². The summed E-state index contributed by atoms with van der Waals surface area (Å²) in [4.78, 5) is 32.3. The first-order chi connectivity index (χ1) is 13.4. The summed E-state index contributed by atoms with van der Waals surface area (Å²) in [7, 11) is 1.81. The van der Waals surface area contributed by atoms with E-state index < -0.39 is 0 Å². The lowest BCUT2D eigenvalue weighted by Gasteiger charge is -2.39. The quantitative estimate of drug-likeness (QED) is 0.354. The standard InChI is InChI=1S/C20H29N5O2S.HI/c1-20(2)14-25(10-11-28-20)19(21-3)23-12-15-4-6-16(7-5-15)18(27)24-9-8-22-17(26)13-24;/h4-7H,8-14H2,1-3H3,(H,21,23)(H,22,26);1H. The minimum Gasteiger partial charge on any atom is -0.353 e. The van der Waals surface area contributed by atoms with E-state index in [4.69, 9.17) is 0 Å². The fraction of sp³-hybridized carbons (Fsp3) is 0.550. The van der Waals surface area contributed by atoms with E-state index in [2.05, 4.69) is 34.4 Å². The molecule has 2 aliphatic heterocycles. The highest BCUT2D eigenvalue weighted by atomic mass is 127. The van der Waals surface area contributed by atoms with Crippen molar-refractivity contribution in [3.8, 4) is 0 Å². The van der Waals surface area contributed by atoms with Gasteiger partial charge in [0.1, 0.15) is 0 Å². The van der Waals surface area contributed by atoms with Gasteiger partial charge in [-0.1, -0.05) is 12.1 Å². The maximum absolute atomic E-state index is 12.5. The zero-order valence-electron chi connectivity index (χ0n) is 17.2. The van der Waals surface area contributed by atoms with Gasteiger partial charge in [-0.25, -0.2) is 0 Å². The summed E-state index contributed by atoms with van der Waals surface area (Å²) >= 11 is 2.00. The molecule has 0 radical (unpaired) electrons. The average molecular weight is 531 g/mol. The number of amides is 2. The minimum absolute atomic E-state index is 0. The van der Waals surface area contributed by atoms with E-state index in [-0.39, 0.29) is 47.1 Å². The zero-order chi connectivity index (χ0) is 20.1. The van der Waals surface area contributed by atoms with Crippen molar-refractivity contribution in [2.24, 2.45) is 4.99 Å². The Labute approximate surface area is 194 Å². The molecule has 0 aliphatic carbocycles. The Morgan fingerprint density at radius 3 is 2.59 bits per heavy atom. The molecule has 2 fully saturated rings. The van der Waals surface area contributed by atoms with E-state index in [9.17, 15) is 9.59 Å². The van der Waals surface area contributed by atoms with Crippen LogP contribution in [0.5, 0.6) is 0 Å². The van der Waals surface area contributed by atoms with Crippen molar-refractivity contribution in [3.63, 3.8) is 0 Å². The van der Waals surface area contributed by atoms with Gasteiger partial charge in [0, 0.05) is 55.8 Å². The van der Waals surface area contributed by atoms with E-state index in [0.717, 1.165) is 30.4 Å². The molecule has 0 unspecified atom stereocenters. The normalized spacial score (nSPS) is 19.3. The topological polar surface area (TPSA) is 77.0 Å². The Morgan fingerprint density at radius 2 is 1.97 bits per heavy atom. The number of nitrogens with one attached hydrogen (secondary N) is 2. The molecule has 9 heteroatoms.